The molecule has 7 nitrogen and oxygen atoms in total. The number of carbonyl (C=O) groups excluding carboxylic acids is 1. The molecule has 3 atom stereocenters. The van der Waals surface area contributed by atoms with Crippen molar-refractivity contribution in [1.82, 2.24) is 4.31 Å². The van der Waals surface area contributed by atoms with E-state index in [2.05, 4.69) is 13.8 Å². The van der Waals surface area contributed by atoms with Crippen LogP contribution in [0.25, 0.3) is 0 Å². The number of amides is 1. The van der Waals surface area contributed by atoms with E-state index in [1.165, 1.54) is 0 Å². The first kappa shape index (κ1) is 13.8. The minimum atomic E-state index is -3.73. The second-order valence-corrected chi connectivity index (χ2v) is 8.65. The molecule has 3 rings (SSSR count). The van der Waals surface area contributed by atoms with Gasteiger partial charge < -0.3 is 0 Å². The van der Waals surface area contributed by atoms with Crippen LogP contribution in [0.4, 0.5) is 0 Å². The number of carbonyl (C=O) groups is 1. The van der Waals surface area contributed by atoms with Gasteiger partial charge in [0, 0.05) is 10.3 Å². The summed E-state index contributed by atoms with van der Waals surface area (Å²) in [7, 11) is -3.73. The van der Waals surface area contributed by atoms with Crippen molar-refractivity contribution in [2.24, 2.45) is 16.7 Å². The highest BCUT2D eigenvalue weighted by atomic mass is 32.2. The second kappa shape index (κ2) is 3.72. The normalized spacial score (nSPS) is 39.8. The zero-order chi connectivity index (χ0) is 14.9. The van der Waals surface area contributed by atoms with Crippen molar-refractivity contribution in [2.75, 3.05) is 12.3 Å². The molecule has 2 aliphatic carbocycles. The lowest BCUT2D eigenvalue weighted by Gasteiger charge is -2.36. The molecule has 2 bridgehead atoms. The van der Waals surface area contributed by atoms with E-state index in [0.717, 1.165) is 17.1 Å². The largest absolute Gasteiger partial charge is 0.308 e. The lowest BCUT2D eigenvalue weighted by molar-refractivity contribution is -0.468. The molecule has 0 aromatic rings. The molecule has 0 aromatic heterocycles. The molecule has 0 aromatic carbocycles. The molecule has 1 saturated heterocycles. The Morgan fingerprint density at radius 3 is 2.65 bits per heavy atom. The van der Waals surface area contributed by atoms with Gasteiger partial charge in [-0.1, -0.05) is 13.8 Å². The van der Waals surface area contributed by atoms with Gasteiger partial charge in [-0.25, -0.2) is 12.7 Å². The van der Waals surface area contributed by atoms with E-state index in [9.17, 15) is 23.3 Å². The Labute approximate surface area is 117 Å². The predicted molar refractivity (Wildman–Crippen MR) is 69.8 cm³/mol. The molecule has 0 unspecified atom stereocenters. The smallest absolute Gasteiger partial charge is 0.266 e. The van der Waals surface area contributed by atoms with E-state index >= 15 is 0 Å². The summed E-state index contributed by atoms with van der Waals surface area (Å²) in [6, 6.07) is -0.381. The fourth-order valence-electron chi connectivity index (χ4n) is 4.80. The number of nitrogens with zero attached hydrogens (tertiary/aromatic N) is 2. The van der Waals surface area contributed by atoms with Crippen molar-refractivity contribution in [1.29, 1.82) is 0 Å². The van der Waals surface area contributed by atoms with Gasteiger partial charge in [0.15, 0.2) is 0 Å². The maximum absolute atomic E-state index is 12.4. The van der Waals surface area contributed by atoms with Crippen molar-refractivity contribution in [3.8, 4) is 0 Å². The van der Waals surface area contributed by atoms with Crippen LogP contribution in [-0.2, 0) is 14.8 Å². The quantitative estimate of drug-likeness (QED) is 0.550. The molecule has 20 heavy (non-hydrogen) atoms. The Bertz CT molecular complexity index is 599. The summed E-state index contributed by atoms with van der Waals surface area (Å²) < 4.78 is 25.5. The zero-order valence-electron chi connectivity index (χ0n) is 11.5. The van der Waals surface area contributed by atoms with Gasteiger partial charge in [0.05, 0.1) is 11.8 Å². The number of fused-ring (bicyclic) bond motifs is 1. The van der Waals surface area contributed by atoms with Gasteiger partial charge in [-0.3, -0.25) is 14.9 Å². The minimum absolute atomic E-state index is 0.0440. The van der Waals surface area contributed by atoms with Crippen LogP contribution in [0.15, 0.2) is 0 Å². The molecule has 3 aliphatic rings. The predicted octanol–water partition coefficient (Wildman–Crippen LogP) is 0.630. The third-order valence-electron chi connectivity index (χ3n) is 5.92. The Balaban J connectivity index is 2.02. The highest BCUT2D eigenvalue weighted by molar-refractivity contribution is 7.90. The first-order valence-corrected chi connectivity index (χ1v) is 8.39. The third-order valence-corrected chi connectivity index (χ3v) is 7.86. The van der Waals surface area contributed by atoms with Crippen LogP contribution in [0.1, 0.15) is 33.1 Å². The van der Waals surface area contributed by atoms with Crippen LogP contribution in [0, 0.1) is 26.9 Å². The molecular weight excluding hydrogens is 284 g/mol. The molecule has 1 aliphatic heterocycles. The number of hydrogen-bond donors (Lipinski definition) is 0. The highest BCUT2D eigenvalue weighted by Crippen LogP contribution is 2.69. The van der Waals surface area contributed by atoms with Crippen molar-refractivity contribution >= 4 is 15.9 Å². The first-order chi connectivity index (χ1) is 9.12. The Morgan fingerprint density at radius 1 is 1.45 bits per heavy atom. The molecule has 2 saturated carbocycles. The van der Waals surface area contributed by atoms with Gasteiger partial charge in [0.1, 0.15) is 0 Å². The van der Waals surface area contributed by atoms with Crippen LogP contribution >= 0.6 is 0 Å². The van der Waals surface area contributed by atoms with Crippen LogP contribution in [0.2, 0.25) is 0 Å². The maximum atomic E-state index is 12.4. The molecule has 3 fully saturated rings. The van der Waals surface area contributed by atoms with E-state index in [-0.39, 0.29) is 17.2 Å². The fourth-order valence-corrected chi connectivity index (χ4v) is 7.34. The fraction of sp³-hybridized carbons (Fsp3) is 0.917. The SMILES string of the molecule is CC1(C)[C@@H]2CC[C@]13CS(=O)(=O)N(C(=O)C[N+](=O)[O-])[C@@H]3C2. The van der Waals surface area contributed by atoms with Gasteiger partial charge >= 0.3 is 5.91 Å². The van der Waals surface area contributed by atoms with Crippen molar-refractivity contribution in [3.05, 3.63) is 10.1 Å². The van der Waals surface area contributed by atoms with E-state index in [4.69, 9.17) is 0 Å². The second-order valence-electron chi connectivity index (χ2n) is 6.80. The summed E-state index contributed by atoms with van der Waals surface area (Å²) in [5.41, 5.74) is -0.545. The molecule has 8 heteroatoms. The Morgan fingerprint density at radius 2 is 2.10 bits per heavy atom. The minimum Gasteiger partial charge on any atom is -0.266 e. The lowest BCUT2D eigenvalue weighted by Crippen LogP contribution is -2.45. The Hall–Kier alpha value is -1.18. The molecule has 1 heterocycles. The standard InChI is InChI=1S/C12H18N2O5S/c1-11(2)8-3-4-12(11)7-20(18,19)14(9(12)5-8)10(15)6-13(16)17/h8-9H,3-7H2,1-2H3/t8-,9-,12-/m1/s1. The maximum Gasteiger partial charge on any atom is 0.308 e. The molecule has 1 spiro atoms. The van der Waals surface area contributed by atoms with Crippen molar-refractivity contribution in [2.45, 2.75) is 39.2 Å². The number of sulfonamides is 1. The number of nitro groups is 1. The topological polar surface area (TPSA) is 97.6 Å². The van der Waals surface area contributed by atoms with Crippen LogP contribution in [0.3, 0.4) is 0 Å². The molecule has 1 amide bonds. The number of hydrogen-bond acceptors (Lipinski definition) is 5. The monoisotopic (exact) mass is 302 g/mol. The van der Waals surface area contributed by atoms with Gasteiger partial charge in [-0.05, 0) is 30.6 Å². The molecule has 0 radical (unpaired) electrons. The van der Waals surface area contributed by atoms with E-state index in [0.29, 0.717) is 12.3 Å². The Kier molecular flexibility index (Phi) is 2.56. The van der Waals surface area contributed by atoms with Crippen LogP contribution in [-0.4, -0.2) is 41.9 Å². The summed E-state index contributed by atoms with van der Waals surface area (Å²) in [6.45, 7) is 3.19. The lowest BCUT2D eigenvalue weighted by atomic mass is 9.69. The first-order valence-electron chi connectivity index (χ1n) is 6.78. The number of rotatable bonds is 2. The van der Waals surface area contributed by atoms with E-state index in [1.807, 2.05) is 0 Å². The zero-order valence-corrected chi connectivity index (χ0v) is 12.4. The average Bonchev–Trinajstić information content (AvgIpc) is 2.73. The van der Waals surface area contributed by atoms with Gasteiger partial charge in [0.2, 0.25) is 10.0 Å². The summed E-state index contributed by atoms with van der Waals surface area (Å²) in [6.07, 6.45) is 2.42. The summed E-state index contributed by atoms with van der Waals surface area (Å²) in [5, 5.41) is 10.5. The van der Waals surface area contributed by atoms with E-state index < -0.39 is 32.8 Å². The third kappa shape index (κ3) is 1.45. The molecule has 0 N–H and O–H groups in total. The van der Waals surface area contributed by atoms with Crippen LogP contribution in [0.5, 0.6) is 0 Å². The molecular formula is C12H18N2O5S. The van der Waals surface area contributed by atoms with Crippen molar-refractivity contribution in [3.63, 3.8) is 0 Å². The van der Waals surface area contributed by atoms with E-state index in [1.54, 1.807) is 0 Å². The van der Waals surface area contributed by atoms with Crippen LogP contribution < -0.4 is 0 Å². The molecule has 112 valence electrons. The summed E-state index contributed by atoms with van der Waals surface area (Å²) >= 11 is 0. The van der Waals surface area contributed by atoms with Gasteiger partial charge in [-0.15, -0.1) is 0 Å². The highest BCUT2D eigenvalue weighted by Gasteiger charge is 2.72. The van der Waals surface area contributed by atoms with Gasteiger partial charge in [-0.2, -0.15) is 0 Å². The van der Waals surface area contributed by atoms with Gasteiger partial charge in [0.25, 0.3) is 6.54 Å². The van der Waals surface area contributed by atoms with Crippen molar-refractivity contribution < 1.29 is 18.1 Å². The summed E-state index contributed by atoms with van der Waals surface area (Å²) in [4.78, 5) is 21.8. The average molecular weight is 302 g/mol. The summed E-state index contributed by atoms with van der Waals surface area (Å²) in [5.74, 6) is -0.536.